The lowest BCUT2D eigenvalue weighted by Crippen LogP contribution is -2.52. The van der Waals surface area contributed by atoms with Gasteiger partial charge in [0.15, 0.2) is 0 Å². The van der Waals surface area contributed by atoms with Gasteiger partial charge in [0.05, 0.1) is 6.10 Å². The van der Waals surface area contributed by atoms with Crippen LogP contribution in [0.2, 0.25) is 0 Å². The molecule has 96 valence electrons. The molecule has 2 bridgehead atoms. The van der Waals surface area contributed by atoms with E-state index in [0.717, 1.165) is 26.0 Å². The molecule has 3 aliphatic rings. The first-order valence-electron chi connectivity index (χ1n) is 7.22. The molecule has 3 fully saturated rings. The monoisotopic (exact) mass is 237 g/mol. The van der Waals surface area contributed by atoms with E-state index in [4.69, 9.17) is 4.74 Å². The van der Waals surface area contributed by atoms with Crippen molar-refractivity contribution in [3.8, 4) is 0 Å². The Hall–Kier alpha value is -0.410. The van der Waals surface area contributed by atoms with Crippen LogP contribution in [0.25, 0.3) is 0 Å². The van der Waals surface area contributed by atoms with Gasteiger partial charge in [-0.15, -0.1) is 0 Å². The normalized spacial score (nSPS) is 38.6. The summed E-state index contributed by atoms with van der Waals surface area (Å²) in [6.45, 7) is 2.10. The van der Waals surface area contributed by atoms with Crippen LogP contribution in [-0.4, -0.2) is 42.0 Å². The number of Topliss-reactive ketones (excluding diaryl/α,β-unsaturated/α-hetero) is 1. The average molecular weight is 237 g/mol. The number of fused-ring (bicyclic) bond motifs is 2. The number of carbonyl (C=O) groups excluding carboxylic acids is 1. The van der Waals surface area contributed by atoms with Crippen molar-refractivity contribution in [1.82, 2.24) is 4.90 Å². The van der Waals surface area contributed by atoms with Crippen molar-refractivity contribution in [2.24, 2.45) is 0 Å². The molecule has 0 aromatic rings. The summed E-state index contributed by atoms with van der Waals surface area (Å²) >= 11 is 0. The third-order valence-corrected chi connectivity index (χ3v) is 4.67. The molecule has 0 saturated carbocycles. The van der Waals surface area contributed by atoms with Crippen molar-refractivity contribution in [3.63, 3.8) is 0 Å². The predicted octanol–water partition coefficient (Wildman–Crippen LogP) is 2.14. The summed E-state index contributed by atoms with van der Waals surface area (Å²) in [7, 11) is 0. The Labute approximate surface area is 104 Å². The summed E-state index contributed by atoms with van der Waals surface area (Å²) in [4.78, 5) is 14.2. The zero-order valence-electron chi connectivity index (χ0n) is 10.6. The Bertz CT molecular complexity index is 270. The van der Waals surface area contributed by atoms with Gasteiger partial charge in [0.1, 0.15) is 5.78 Å². The lowest BCUT2D eigenvalue weighted by atomic mass is 9.83. The Kier molecular flexibility index (Phi) is 3.48. The Morgan fingerprint density at radius 1 is 1.12 bits per heavy atom. The largest absolute Gasteiger partial charge is 0.378 e. The van der Waals surface area contributed by atoms with Crippen LogP contribution in [0, 0.1) is 0 Å². The average Bonchev–Trinajstić information content (AvgIpc) is 2.79. The van der Waals surface area contributed by atoms with Crippen molar-refractivity contribution in [3.05, 3.63) is 0 Å². The molecule has 0 spiro atoms. The lowest BCUT2D eigenvalue weighted by Gasteiger charge is -2.45. The quantitative estimate of drug-likeness (QED) is 0.753. The van der Waals surface area contributed by atoms with Crippen LogP contribution < -0.4 is 0 Å². The first-order chi connectivity index (χ1) is 8.33. The predicted molar refractivity (Wildman–Crippen MR) is 66.0 cm³/mol. The number of piperidine rings is 2. The van der Waals surface area contributed by atoms with Crippen LogP contribution in [0.15, 0.2) is 0 Å². The molecule has 3 heterocycles. The second-order valence-corrected chi connectivity index (χ2v) is 5.85. The number of carbonyl (C=O) groups is 1. The van der Waals surface area contributed by atoms with Crippen molar-refractivity contribution in [2.45, 2.75) is 69.6 Å². The van der Waals surface area contributed by atoms with Crippen molar-refractivity contribution >= 4 is 5.78 Å². The van der Waals surface area contributed by atoms with Crippen LogP contribution in [-0.2, 0) is 9.53 Å². The van der Waals surface area contributed by atoms with Crippen LogP contribution in [0.4, 0.5) is 0 Å². The Morgan fingerprint density at radius 3 is 2.53 bits per heavy atom. The number of hydrogen-bond acceptors (Lipinski definition) is 3. The van der Waals surface area contributed by atoms with Crippen molar-refractivity contribution in [1.29, 1.82) is 0 Å². The zero-order chi connectivity index (χ0) is 11.7. The SMILES string of the molecule is O=C1CC2CCCC(C1)N2CCC1CCCO1. The molecule has 3 rings (SSSR count). The first kappa shape index (κ1) is 11.7. The highest BCUT2D eigenvalue weighted by molar-refractivity contribution is 5.80. The number of hydrogen-bond donors (Lipinski definition) is 0. The van der Waals surface area contributed by atoms with Gasteiger partial charge in [-0.25, -0.2) is 0 Å². The van der Waals surface area contributed by atoms with E-state index in [1.54, 1.807) is 0 Å². The summed E-state index contributed by atoms with van der Waals surface area (Å²) in [5.41, 5.74) is 0. The lowest BCUT2D eigenvalue weighted by molar-refractivity contribution is -0.127. The molecule has 0 aliphatic carbocycles. The fourth-order valence-electron chi connectivity index (χ4n) is 3.80. The van der Waals surface area contributed by atoms with E-state index >= 15 is 0 Å². The highest BCUT2D eigenvalue weighted by Crippen LogP contribution is 2.32. The van der Waals surface area contributed by atoms with E-state index in [-0.39, 0.29) is 0 Å². The second kappa shape index (κ2) is 5.07. The molecule has 17 heavy (non-hydrogen) atoms. The van der Waals surface area contributed by atoms with Gasteiger partial charge in [0.25, 0.3) is 0 Å². The van der Waals surface area contributed by atoms with Gasteiger partial charge in [-0.1, -0.05) is 6.42 Å². The fourth-order valence-corrected chi connectivity index (χ4v) is 3.80. The van der Waals surface area contributed by atoms with E-state index in [2.05, 4.69) is 4.90 Å². The maximum Gasteiger partial charge on any atom is 0.136 e. The summed E-state index contributed by atoms with van der Waals surface area (Å²) < 4.78 is 5.69. The van der Waals surface area contributed by atoms with Crippen LogP contribution in [0.1, 0.15) is 51.4 Å². The summed E-state index contributed by atoms with van der Waals surface area (Å²) in [5, 5.41) is 0. The van der Waals surface area contributed by atoms with E-state index in [9.17, 15) is 4.79 Å². The molecule has 0 amide bonds. The third-order valence-electron chi connectivity index (χ3n) is 4.67. The fraction of sp³-hybridized carbons (Fsp3) is 0.929. The van der Waals surface area contributed by atoms with E-state index in [0.29, 0.717) is 24.0 Å². The molecular weight excluding hydrogens is 214 g/mol. The van der Waals surface area contributed by atoms with Gasteiger partial charge < -0.3 is 4.74 Å². The molecule has 0 N–H and O–H groups in total. The molecule has 3 heteroatoms. The van der Waals surface area contributed by atoms with Crippen LogP contribution >= 0.6 is 0 Å². The highest BCUT2D eigenvalue weighted by Gasteiger charge is 2.37. The van der Waals surface area contributed by atoms with Crippen LogP contribution in [0.3, 0.4) is 0 Å². The molecule has 0 aromatic heterocycles. The van der Waals surface area contributed by atoms with Crippen molar-refractivity contribution < 1.29 is 9.53 Å². The molecule has 0 aromatic carbocycles. The Morgan fingerprint density at radius 2 is 1.88 bits per heavy atom. The highest BCUT2D eigenvalue weighted by atomic mass is 16.5. The minimum Gasteiger partial charge on any atom is -0.378 e. The van der Waals surface area contributed by atoms with E-state index < -0.39 is 0 Å². The molecular formula is C14H23NO2. The maximum atomic E-state index is 11.6. The van der Waals surface area contributed by atoms with Gasteiger partial charge in [-0.3, -0.25) is 9.69 Å². The van der Waals surface area contributed by atoms with Gasteiger partial charge in [-0.2, -0.15) is 0 Å². The molecule has 3 nitrogen and oxygen atoms in total. The number of ketones is 1. The minimum absolute atomic E-state index is 0.494. The Balaban J connectivity index is 1.56. The van der Waals surface area contributed by atoms with E-state index in [1.807, 2.05) is 0 Å². The van der Waals surface area contributed by atoms with Gasteiger partial charge in [0, 0.05) is 38.1 Å². The summed E-state index contributed by atoms with van der Waals surface area (Å²) in [6, 6.07) is 1.10. The maximum absolute atomic E-state index is 11.6. The molecule has 3 aliphatic heterocycles. The summed E-state index contributed by atoms with van der Waals surface area (Å²) in [6.07, 6.45) is 9.53. The number of nitrogens with zero attached hydrogens (tertiary/aromatic N) is 1. The molecule has 0 radical (unpaired) electrons. The molecule has 3 saturated heterocycles. The third kappa shape index (κ3) is 2.55. The van der Waals surface area contributed by atoms with Crippen LogP contribution in [0.5, 0.6) is 0 Å². The van der Waals surface area contributed by atoms with E-state index in [1.165, 1.54) is 38.5 Å². The topological polar surface area (TPSA) is 29.5 Å². The molecule has 3 atom stereocenters. The van der Waals surface area contributed by atoms with Crippen molar-refractivity contribution in [2.75, 3.05) is 13.2 Å². The zero-order valence-corrected chi connectivity index (χ0v) is 10.6. The number of rotatable bonds is 3. The van der Waals surface area contributed by atoms with Gasteiger partial charge in [0.2, 0.25) is 0 Å². The standard InChI is InChI=1S/C14H23NO2/c16-13-9-11-3-1-4-12(10-13)15(11)7-6-14-5-2-8-17-14/h11-12,14H,1-10H2. The first-order valence-corrected chi connectivity index (χ1v) is 7.22. The minimum atomic E-state index is 0.494. The van der Waals surface area contributed by atoms with Gasteiger partial charge >= 0.3 is 0 Å². The smallest absolute Gasteiger partial charge is 0.136 e. The molecule has 3 unspecified atom stereocenters. The second-order valence-electron chi connectivity index (χ2n) is 5.85. The summed E-state index contributed by atoms with van der Waals surface area (Å²) in [5.74, 6) is 0.494. The van der Waals surface area contributed by atoms with Gasteiger partial charge in [-0.05, 0) is 32.1 Å². The number of ether oxygens (including phenoxy) is 1.